The predicted molar refractivity (Wildman–Crippen MR) is 89.5 cm³/mol. The van der Waals surface area contributed by atoms with Crippen LogP contribution in [-0.4, -0.2) is 21.5 Å². The molecule has 2 aromatic rings. The zero-order valence-corrected chi connectivity index (χ0v) is 14.5. The highest BCUT2D eigenvalue weighted by molar-refractivity contribution is 7.92. The molecular weight excluding hydrogens is 338 g/mol. The van der Waals surface area contributed by atoms with Crippen LogP contribution in [0.25, 0.3) is 0 Å². The molecule has 0 aliphatic heterocycles. The summed E-state index contributed by atoms with van der Waals surface area (Å²) in [4.78, 5) is 11.7. The fourth-order valence-corrected chi connectivity index (χ4v) is 3.22. The van der Waals surface area contributed by atoms with Crippen LogP contribution >= 0.6 is 11.6 Å². The molecule has 0 amide bonds. The Morgan fingerprint density at radius 2 is 1.74 bits per heavy atom. The molecule has 2 aromatic carbocycles. The molecule has 0 aromatic heterocycles. The van der Waals surface area contributed by atoms with Gasteiger partial charge >= 0.3 is 5.97 Å². The monoisotopic (exact) mass is 353 g/mol. The van der Waals surface area contributed by atoms with E-state index in [0.29, 0.717) is 16.3 Å². The van der Waals surface area contributed by atoms with Crippen LogP contribution < -0.4 is 4.72 Å². The van der Waals surface area contributed by atoms with Crippen molar-refractivity contribution < 1.29 is 17.9 Å². The lowest BCUT2D eigenvalue weighted by atomic mass is 10.1. The third-order valence-electron chi connectivity index (χ3n) is 3.35. The number of aryl methyl sites for hydroxylation is 2. The topological polar surface area (TPSA) is 72.5 Å². The van der Waals surface area contributed by atoms with Crippen molar-refractivity contribution in [3.63, 3.8) is 0 Å². The quantitative estimate of drug-likeness (QED) is 0.853. The lowest BCUT2D eigenvalue weighted by Gasteiger charge is -2.11. The van der Waals surface area contributed by atoms with Crippen LogP contribution in [0.4, 0.5) is 5.69 Å². The molecule has 2 rings (SSSR count). The molecule has 5 nitrogen and oxygen atoms in total. The van der Waals surface area contributed by atoms with E-state index in [4.69, 9.17) is 11.6 Å². The van der Waals surface area contributed by atoms with E-state index in [-0.39, 0.29) is 10.5 Å². The van der Waals surface area contributed by atoms with Crippen molar-refractivity contribution in [1.82, 2.24) is 0 Å². The van der Waals surface area contributed by atoms with Crippen molar-refractivity contribution in [1.29, 1.82) is 0 Å². The Bertz CT molecular complexity index is 862. The second-order valence-electron chi connectivity index (χ2n) is 5.04. The van der Waals surface area contributed by atoms with Crippen LogP contribution in [0.2, 0.25) is 5.02 Å². The third-order valence-corrected chi connectivity index (χ3v) is 5.13. The number of nitrogens with one attached hydrogen (secondary N) is 1. The molecule has 122 valence electrons. The zero-order chi connectivity index (χ0) is 17.2. The molecule has 0 saturated heterocycles. The maximum atomic E-state index is 12.5. The lowest BCUT2D eigenvalue weighted by Crippen LogP contribution is -2.14. The first-order valence-corrected chi connectivity index (χ1v) is 8.58. The van der Waals surface area contributed by atoms with Crippen molar-refractivity contribution in [3.8, 4) is 0 Å². The van der Waals surface area contributed by atoms with Crippen LogP contribution in [0, 0.1) is 13.8 Å². The fourth-order valence-electron chi connectivity index (χ4n) is 1.97. The van der Waals surface area contributed by atoms with Crippen LogP contribution in [0.15, 0.2) is 41.3 Å². The van der Waals surface area contributed by atoms with Gasteiger partial charge in [-0.2, -0.15) is 0 Å². The van der Waals surface area contributed by atoms with Gasteiger partial charge in [-0.05, 0) is 49.2 Å². The smallest absolute Gasteiger partial charge is 0.338 e. The Morgan fingerprint density at radius 1 is 1.09 bits per heavy atom. The highest BCUT2D eigenvalue weighted by Crippen LogP contribution is 2.23. The molecular formula is C16H16ClNO4S. The van der Waals surface area contributed by atoms with Crippen molar-refractivity contribution in [2.75, 3.05) is 11.8 Å². The SMILES string of the molecule is COC(=O)c1cc(S(=O)(=O)Nc2ccc(C)c(Cl)c2)ccc1C. The van der Waals surface area contributed by atoms with Gasteiger partial charge in [-0.25, -0.2) is 13.2 Å². The van der Waals surface area contributed by atoms with Crippen LogP contribution in [-0.2, 0) is 14.8 Å². The van der Waals surface area contributed by atoms with Crippen molar-refractivity contribution >= 4 is 33.3 Å². The maximum absolute atomic E-state index is 12.5. The molecule has 0 atom stereocenters. The Hall–Kier alpha value is -2.05. The first-order valence-electron chi connectivity index (χ1n) is 6.72. The fraction of sp³-hybridized carbons (Fsp3) is 0.188. The van der Waals surface area contributed by atoms with Crippen LogP contribution in [0.5, 0.6) is 0 Å². The average Bonchev–Trinajstić information content (AvgIpc) is 2.50. The van der Waals surface area contributed by atoms with Gasteiger partial charge in [0, 0.05) is 5.02 Å². The van der Waals surface area contributed by atoms with E-state index in [1.807, 2.05) is 6.92 Å². The molecule has 0 unspecified atom stereocenters. The summed E-state index contributed by atoms with van der Waals surface area (Å²) in [5.74, 6) is -0.585. The molecule has 0 radical (unpaired) electrons. The van der Waals surface area contributed by atoms with Crippen LogP contribution in [0.1, 0.15) is 21.5 Å². The minimum Gasteiger partial charge on any atom is -0.465 e. The number of sulfonamides is 1. The molecule has 0 bridgehead atoms. The lowest BCUT2D eigenvalue weighted by molar-refractivity contribution is 0.0599. The first-order chi connectivity index (χ1) is 10.7. The van der Waals surface area contributed by atoms with E-state index >= 15 is 0 Å². The van der Waals surface area contributed by atoms with Crippen molar-refractivity contribution in [3.05, 3.63) is 58.1 Å². The number of halogens is 1. The van der Waals surface area contributed by atoms with Gasteiger partial charge in [0.2, 0.25) is 0 Å². The third kappa shape index (κ3) is 3.83. The summed E-state index contributed by atoms with van der Waals surface area (Å²) >= 11 is 6.00. The van der Waals surface area contributed by atoms with E-state index in [1.165, 1.54) is 25.3 Å². The van der Waals surface area contributed by atoms with Gasteiger partial charge in [0.05, 0.1) is 23.3 Å². The van der Waals surface area contributed by atoms with Crippen molar-refractivity contribution in [2.24, 2.45) is 0 Å². The van der Waals surface area contributed by atoms with Crippen molar-refractivity contribution in [2.45, 2.75) is 18.7 Å². The summed E-state index contributed by atoms with van der Waals surface area (Å²) in [6.07, 6.45) is 0. The second kappa shape index (κ2) is 6.60. The summed E-state index contributed by atoms with van der Waals surface area (Å²) < 4.78 is 32.0. The average molecular weight is 354 g/mol. The Morgan fingerprint density at radius 3 is 2.35 bits per heavy atom. The Kier molecular flexibility index (Phi) is 4.97. The first kappa shape index (κ1) is 17.3. The van der Waals surface area contributed by atoms with Crippen LogP contribution in [0.3, 0.4) is 0 Å². The predicted octanol–water partition coefficient (Wildman–Crippen LogP) is 3.54. The Labute approximate surface area is 140 Å². The molecule has 7 heteroatoms. The molecule has 0 saturated carbocycles. The summed E-state index contributed by atoms with van der Waals surface area (Å²) in [5.41, 5.74) is 2.03. The molecule has 0 aliphatic rings. The van der Waals surface area contributed by atoms with Gasteiger partial charge < -0.3 is 4.74 Å². The van der Waals surface area contributed by atoms with E-state index in [0.717, 1.165) is 5.56 Å². The number of ether oxygens (including phenoxy) is 1. The van der Waals surface area contributed by atoms with E-state index in [2.05, 4.69) is 9.46 Å². The molecule has 23 heavy (non-hydrogen) atoms. The van der Waals surface area contributed by atoms with Gasteiger partial charge in [-0.1, -0.05) is 23.7 Å². The van der Waals surface area contributed by atoms with E-state index in [1.54, 1.807) is 25.1 Å². The van der Waals surface area contributed by atoms with Gasteiger partial charge in [-0.15, -0.1) is 0 Å². The number of carbonyl (C=O) groups is 1. The number of benzene rings is 2. The summed E-state index contributed by atoms with van der Waals surface area (Å²) in [7, 11) is -2.59. The normalized spacial score (nSPS) is 11.1. The maximum Gasteiger partial charge on any atom is 0.338 e. The molecule has 1 N–H and O–H groups in total. The van der Waals surface area contributed by atoms with E-state index < -0.39 is 16.0 Å². The summed E-state index contributed by atoms with van der Waals surface area (Å²) in [6, 6.07) is 9.15. The largest absolute Gasteiger partial charge is 0.465 e. The minimum atomic E-state index is -3.84. The van der Waals surface area contributed by atoms with Gasteiger partial charge in [0.25, 0.3) is 10.0 Å². The number of carbonyl (C=O) groups excluding carboxylic acids is 1. The number of anilines is 1. The highest BCUT2D eigenvalue weighted by Gasteiger charge is 2.18. The number of hydrogen-bond donors (Lipinski definition) is 1. The zero-order valence-electron chi connectivity index (χ0n) is 12.9. The minimum absolute atomic E-state index is 0.0276. The Balaban J connectivity index is 2.39. The van der Waals surface area contributed by atoms with Gasteiger partial charge in [0.15, 0.2) is 0 Å². The number of hydrogen-bond acceptors (Lipinski definition) is 4. The molecule has 0 heterocycles. The molecule has 0 spiro atoms. The van der Waals surface area contributed by atoms with Gasteiger partial charge in [0.1, 0.15) is 0 Å². The van der Waals surface area contributed by atoms with E-state index in [9.17, 15) is 13.2 Å². The standard InChI is InChI=1S/C16H16ClNO4S/c1-10-5-7-13(9-14(10)16(19)22-3)23(20,21)18-12-6-4-11(2)15(17)8-12/h4-9,18H,1-3H3. The van der Waals surface area contributed by atoms with Gasteiger partial charge in [-0.3, -0.25) is 4.72 Å². The second-order valence-corrected chi connectivity index (χ2v) is 7.13. The summed E-state index contributed by atoms with van der Waals surface area (Å²) in [6.45, 7) is 3.53. The molecule has 0 fully saturated rings. The summed E-state index contributed by atoms with van der Waals surface area (Å²) in [5, 5.41) is 0.462. The highest BCUT2D eigenvalue weighted by atomic mass is 35.5. The number of rotatable bonds is 4. The molecule has 0 aliphatic carbocycles. The number of esters is 1. The number of methoxy groups -OCH3 is 1.